The molecule has 0 aromatic heterocycles. The van der Waals surface area contributed by atoms with Gasteiger partial charge < -0.3 is 10.2 Å². The highest BCUT2D eigenvalue weighted by Gasteiger charge is 2.17. The van der Waals surface area contributed by atoms with Crippen LogP contribution < -0.4 is 0 Å². The fourth-order valence-corrected chi connectivity index (χ4v) is 1.89. The molecule has 0 heterocycles. The van der Waals surface area contributed by atoms with Gasteiger partial charge in [0.05, 0.1) is 6.10 Å². The number of rotatable bonds is 6. The van der Waals surface area contributed by atoms with Crippen LogP contribution >= 0.6 is 11.6 Å². The summed E-state index contributed by atoms with van der Waals surface area (Å²) in [7, 11) is 0. The summed E-state index contributed by atoms with van der Waals surface area (Å²) in [5.74, 6) is 0.365. The molecule has 0 saturated carbocycles. The first-order valence-electron chi connectivity index (χ1n) is 5.55. The molecule has 0 bridgehead atoms. The van der Waals surface area contributed by atoms with Crippen molar-refractivity contribution in [2.75, 3.05) is 5.88 Å². The van der Waals surface area contributed by atoms with E-state index in [0.29, 0.717) is 24.3 Å². The van der Waals surface area contributed by atoms with Crippen LogP contribution in [0.1, 0.15) is 30.6 Å². The molecule has 17 heavy (non-hydrogen) atoms. The van der Waals surface area contributed by atoms with Crippen LogP contribution in [0.3, 0.4) is 0 Å². The Bertz CT molecular complexity index is 379. The molecule has 0 fully saturated rings. The molecule has 2 unspecified atom stereocenters. The van der Waals surface area contributed by atoms with E-state index in [0.717, 1.165) is 5.56 Å². The van der Waals surface area contributed by atoms with E-state index in [4.69, 9.17) is 11.6 Å². The maximum atomic E-state index is 11.0. The number of Topliss-reactive ketones (excluding diaryl/α,β-unsaturated/α-hetero) is 1. The van der Waals surface area contributed by atoms with Crippen molar-refractivity contribution >= 4 is 17.4 Å². The summed E-state index contributed by atoms with van der Waals surface area (Å²) in [5, 5.41) is 19.5. The summed E-state index contributed by atoms with van der Waals surface area (Å²) < 4.78 is 0. The largest absolute Gasteiger partial charge is 0.390 e. The lowest BCUT2D eigenvalue weighted by molar-refractivity contribution is -0.116. The summed E-state index contributed by atoms with van der Waals surface area (Å²) in [6.45, 7) is 1.52. The van der Waals surface area contributed by atoms with Crippen molar-refractivity contribution in [1.82, 2.24) is 0 Å². The van der Waals surface area contributed by atoms with E-state index in [1.165, 1.54) is 6.92 Å². The third-order valence-corrected chi connectivity index (χ3v) is 2.73. The van der Waals surface area contributed by atoms with E-state index in [9.17, 15) is 15.0 Å². The third kappa shape index (κ3) is 4.46. The molecule has 0 radical (unpaired) electrons. The zero-order chi connectivity index (χ0) is 12.8. The van der Waals surface area contributed by atoms with Gasteiger partial charge in [-0.2, -0.15) is 0 Å². The third-order valence-electron chi connectivity index (χ3n) is 2.51. The van der Waals surface area contributed by atoms with Crippen LogP contribution in [-0.4, -0.2) is 28.0 Å². The van der Waals surface area contributed by atoms with E-state index >= 15 is 0 Å². The van der Waals surface area contributed by atoms with Gasteiger partial charge in [0.15, 0.2) is 0 Å². The van der Waals surface area contributed by atoms with Crippen molar-refractivity contribution < 1.29 is 15.0 Å². The molecule has 2 atom stereocenters. The highest BCUT2D eigenvalue weighted by Crippen LogP contribution is 2.20. The number of halogens is 1. The van der Waals surface area contributed by atoms with Crippen LogP contribution in [0.15, 0.2) is 24.3 Å². The Morgan fingerprint density at radius 1 is 1.41 bits per heavy atom. The molecule has 0 aliphatic carbocycles. The van der Waals surface area contributed by atoms with Crippen molar-refractivity contribution in [3.8, 4) is 0 Å². The molecule has 1 aromatic carbocycles. The van der Waals surface area contributed by atoms with Gasteiger partial charge in [-0.25, -0.2) is 0 Å². The van der Waals surface area contributed by atoms with Gasteiger partial charge in [0, 0.05) is 12.3 Å². The van der Waals surface area contributed by atoms with Gasteiger partial charge in [-0.15, -0.1) is 11.6 Å². The number of hydrogen-bond donors (Lipinski definition) is 2. The predicted molar refractivity (Wildman–Crippen MR) is 67.1 cm³/mol. The number of benzene rings is 1. The molecule has 4 heteroatoms. The van der Waals surface area contributed by atoms with Crippen molar-refractivity contribution in [2.45, 2.75) is 32.0 Å². The van der Waals surface area contributed by atoms with E-state index in [2.05, 4.69) is 0 Å². The van der Waals surface area contributed by atoms with E-state index in [-0.39, 0.29) is 5.78 Å². The Morgan fingerprint density at radius 2 is 2.12 bits per heavy atom. The van der Waals surface area contributed by atoms with Crippen molar-refractivity contribution in [3.63, 3.8) is 0 Å². The molecule has 0 saturated heterocycles. The van der Waals surface area contributed by atoms with Gasteiger partial charge in [0.25, 0.3) is 0 Å². The Hall–Kier alpha value is -0.900. The molecule has 2 N–H and O–H groups in total. The smallest absolute Gasteiger partial charge is 0.134 e. The van der Waals surface area contributed by atoms with E-state index in [1.54, 1.807) is 18.2 Å². The number of aliphatic hydroxyl groups excluding tert-OH is 2. The first-order valence-corrected chi connectivity index (χ1v) is 6.08. The van der Waals surface area contributed by atoms with Crippen LogP contribution in [0, 0.1) is 0 Å². The topological polar surface area (TPSA) is 57.5 Å². The molecule has 0 spiro atoms. The van der Waals surface area contributed by atoms with Crippen molar-refractivity contribution in [3.05, 3.63) is 35.4 Å². The minimum atomic E-state index is -0.958. The molecular formula is C13H17ClO3. The molecule has 94 valence electrons. The summed E-state index contributed by atoms with van der Waals surface area (Å²) in [4.78, 5) is 11.0. The Balaban J connectivity index is 2.79. The first kappa shape index (κ1) is 14.2. The Morgan fingerprint density at radius 3 is 2.71 bits per heavy atom. The second-order valence-corrected chi connectivity index (χ2v) is 4.49. The van der Waals surface area contributed by atoms with E-state index in [1.807, 2.05) is 6.07 Å². The second kappa shape index (κ2) is 6.74. The van der Waals surface area contributed by atoms with Crippen LogP contribution in [0.25, 0.3) is 0 Å². The maximum Gasteiger partial charge on any atom is 0.134 e. The Kier molecular flexibility index (Phi) is 5.62. The lowest BCUT2D eigenvalue weighted by Gasteiger charge is -2.17. The van der Waals surface area contributed by atoms with Gasteiger partial charge in [0.1, 0.15) is 11.9 Å². The summed E-state index contributed by atoms with van der Waals surface area (Å²) in [6.07, 6.45) is -1.16. The van der Waals surface area contributed by atoms with Crippen molar-refractivity contribution in [1.29, 1.82) is 0 Å². The minimum Gasteiger partial charge on any atom is -0.390 e. The molecule has 0 amide bonds. The zero-order valence-corrected chi connectivity index (χ0v) is 10.5. The molecule has 1 rings (SSSR count). The highest BCUT2D eigenvalue weighted by molar-refractivity contribution is 6.17. The van der Waals surface area contributed by atoms with Crippen LogP contribution in [-0.2, 0) is 11.2 Å². The standard InChI is InChI=1S/C13H17ClO3/c1-9(15)7-10-3-2-4-11(8-10)13(17)12(16)5-6-14/h2-4,8,12-13,16-17H,5-7H2,1H3. The lowest BCUT2D eigenvalue weighted by Crippen LogP contribution is -2.18. The Labute approximate surface area is 106 Å². The number of aliphatic hydroxyl groups is 2. The van der Waals surface area contributed by atoms with Gasteiger partial charge in [-0.1, -0.05) is 24.3 Å². The van der Waals surface area contributed by atoms with Crippen LogP contribution in [0.5, 0.6) is 0 Å². The fraction of sp³-hybridized carbons (Fsp3) is 0.462. The number of hydrogen-bond acceptors (Lipinski definition) is 3. The zero-order valence-electron chi connectivity index (χ0n) is 9.77. The summed E-state index contributed by atoms with van der Waals surface area (Å²) >= 11 is 5.51. The van der Waals surface area contributed by atoms with Crippen LogP contribution in [0.4, 0.5) is 0 Å². The maximum absolute atomic E-state index is 11.0. The summed E-state index contributed by atoms with van der Waals surface area (Å²) in [5.41, 5.74) is 1.45. The van der Waals surface area contributed by atoms with Gasteiger partial charge >= 0.3 is 0 Å². The normalized spacial score (nSPS) is 14.4. The first-order chi connectivity index (χ1) is 8.04. The molecule has 3 nitrogen and oxygen atoms in total. The number of carbonyl (C=O) groups is 1. The van der Waals surface area contributed by atoms with Gasteiger partial charge in [-0.05, 0) is 24.5 Å². The molecule has 0 aliphatic heterocycles. The number of ketones is 1. The quantitative estimate of drug-likeness (QED) is 0.764. The van der Waals surface area contributed by atoms with E-state index < -0.39 is 12.2 Å². The summed E-state index contributed by atoms with van der Waals surface area (Å²) in [6, 6.07) is 7.06. The average Bonchev–Trinajstić information content (AvgIpc) is 2.28. The molecular weight excluding hydrogens is 240 g/mol. The monoisotopic (exact) mass is 256 g/mol. The second-order valence-electron chi connectivity index (χ2n) is 4.11. The highest BCUT2D eigenvalue weighted by atomic mass is 35.5. The van der Waals surface area contributed by atoms with Gasteiger partial charge in [-0.3, -0.25) is 4.79 Å². The van der Waals surface area contributed by atoms with Crippen LogP contribution in [0.2, 0.25) is 0 Å². The molecule has 1 aromatic rings. The SMILES string of the molecule is CC(=O)Cc1cccc(C(O)C(O)CCCl)c1. The lowest BCUT2D eigenvalue weighted by atomic mass is 9.99. The minimum absolute atomic E-state index is 0.0675. The number of alkyl halides is 1. The average molecular weight is 257 g/mol. The fourth-order valence-electron chi connectivity index (χ4n) is 1.67. The molecule has 0 aliphatic rings. The number of carbonyl (C=O) groups excluding carboxylic acids is 1. The van der Waals surface area contributed by atoms with Gasteiger partial charge in [0.2, 0.25) is 0 Å². The predicted octanol–water partition coefficient (Wildman–Crippen LogP) is 1.84. The van der Waals surface area contributed by atoms with Crippen molar-refractivity contribution in [2.24, 2.45) is 0 Å².